The molecule has 0 aliphatic rings. The highest BCUT2D eigenvalue weighted by atomic mass is 19.4. The number of alkyl halides is 3. The van der Waals surface area contributed by atoms with Crippen molar-refractivity contribution in [1.82, 2.24) is 4.98 Å². The molecule has 130 valence electrons. The number of aromatic nitrogens is 1. The third-order valence-electron chi connectivity index (χ3n) is 3.48. The Hall–Kier alpha value is -2.80. The second-order valence-corrected chi connectivity index (χ2v) is 5.31. The molecule has 25 heavy (non-hydrogen) atoms. The average Bonchev–Trinajstić information content (AvgIpc) is 3.08. The molecule has 0 fully saturated rings. The van der Waals surface area contributed by atoms with Gasteiger partial charge in [-0.3, -0.25) is 0 Å². The Balaban J connectivity index is 1.68. The first-order chi connectivity index (χ1) is 12.0. The van der Waals surface area contributed by atoms with E-state index in [9.17, 15) is 13.2 Å². The van der Waals surface area contributed by atoms with Gasteiger partial charge in [0.15, 0.2) is 0 Å². The van der Waals surface area contributed by atoms with Crippen molar-refractivity contribution < 1.29 is 27.4 Å². The number of nitrogens with zero attached hydrogens (tertiary/aromatic N) is 1. The van der Waals surface area contributed by atoms with E-state index in [0.29, 0.717) is 17.0 Å². The summed E-state index contributed by atoms with van der Waals surface area (Å²) in [4.78, 5) is 4.21. The van der Waals surface area contributed by atoms with E-state index < -0.39 is 11.7 Å². The van der Waals surface area contributed by atoms with Gasteiger partial charge >= 0.3 is 6.18 Å². The van der Waals surface area contributed by atoms with Gasteiger partial charge in [-0.05, 0) is 42.0 Å². The summed E-state index contributed by atoms with van der Waals surface area (Å²) in [6, 6.07) is 11.6. The Kier molecular flexibility index (Phi) is 4.76. The van der Waals surface area contributed by atoms with Crippen molar-refractivity contribution in [2.75, 3.05) is 0 Å². The summed E-state index contributed by atoms with van der Waals surface area (Å²) < 4.78 is 48.6. The molecule has 4 nitrogen and oxygen atoms in total. The molecular weight excluding hydrogens is 335 g/mol. The molecule has 0 atom stereocenters. The molecule has 3 rings (SSSR count). The van der Waals surface area contributed by atoms with Crippen LogP contribution < -0.4 is 4.74 Å². The Labute approximate surface area is 141 Å². The van der Waals surface area contributed by atoms with Crippen molar-refractivity contribution in [1.29, 1.82) is 0 Å². The first-order valence-corrected chi connectivity index (χ1v) is 7.40. The summed E-state index contributed by atoms with van der Waals surface area (Å²) in [5, 5.41) is 9.09. The van der Waals surface area contributed by atoms with Crippen LogP contribution in [0.15, 0.2) is 59.2 Å². The molecule has 1 heterocycles. The van der Waals surface area contributed by atoms with Gasteiger partial charge in [0.25, 0.3) is 0 Å². The van der Waals surface area contributed by atoms with E-state index in [2.05, 4.69) is 4.98 Å². The van der Waals surface area contributed by atoms with Crippen molar-refractivity contribution in [3.63, 3.8) is 0 Å². The SMILES string of the molecule is OCc1cccc(OCc2coc(-c3ccc(C(F)(F)F)cc3)n2)c1. The lowest BCUT2D eigenvalue weighted by atomic mass is 10.1. The number of hydrogen-bond acceptors (Lipinski definition) is 4. The van der Waals surface area contributed by atoms with Crippen molar-refractivity contribution >= 4 is 0 Å². The largest absolute Gasteiger partial charge is 0.487 e. The highest BCUT2D eigenvalue weighted by Crippen LogP contribution is 2.30. The van der Waals surface area contributed by atoms with Gasteiger partial charge < -0.3 is 14.3 Å². The van der Waals surface area contributed by atoms with Crippen LogP contribution in [0.2, 0.25) is 0 Å². The molecule has 0 radical (unpaired) electrons. The maximum atomic E-state index is 12.6. The lowest BCUT2D eigenvalue weighted by Crippen LogP contribution is -2.04. The Morgan fingerprint density at radius 2 is 1.84 bits per heavy atom. The van der Waals surface area contributed by atoms with Crippen LogP contribution in [0, 0.1) is 0 Å². The topological polar surface area (TPSA) is 55.5 Å². The Morgan fingerprint density at radius 3 is 2.52 bits per heavy atom. The first kappa shape index (κ1) is 17.0. The summed E-state index contributed by atoms with van der Waals surface area (Å²) in [6.45, 7) is 0.0538. The van der Waals surface area contributed by atoms with Crippen LogP contribution >= 0.6 is 0 Å². The van der Waals surface area contributed by atoms with E-state index >= 15 is 0 Å². The molecule has 0 aliphatic carbocycles. The predicted octanol–water partition coefficient (Wildman–Crippen LogP) is 4.43. The first-order valence-electron chi connectivity index (χ1n) is 7.40. The quantitative estimate of drug-likeness (QED) is 0.740. The maximum Gasteiger partial charge on any atom is 0.416 e. The number of aliphatic hydroxyl groups excluding tert-OH is 1. The highest BCUT2D eigenvalue weighted by Gasteiger charge is 2.30. The molecule has 3 aromatic rings. The van der Waals surface area contributed by atoms with E-state index in [1.54, 1.807) is 24.3 Å². The fourth-order valence-corrected chi connectivity index (χ4v) is 2.20. The van der Waals surface area contributed by atoms with E-state index in [0.717, 1.165) is 17.7 Å². The molecule has 0 saturated carbocycles. The monoisotopic (exact) mass is 349 g/mol. The minimum Gasteiger partial charge on any atom is -0.487 e. The average molecular weight is 349 g/mol. The van der Waals surface area contributed by atoms with E-state index in [1.165, 1.54) is 18.4 Å². The van der Waals surface area contributed by atoms with E-state index in [-0.39, 0.29) is 19.1 Å². The number of rotatable bonds is 5. The van der Waals surface area contributed by atoms with Gasteiger partial charge in [0.2, 0.25) is 5.89 Å². The number of ether oxygens (including phenoxy) is 1. The van der Waals surface area contributed by atoms with Gasteiger partial charge in [0, 0.05) is 5.56 Å². The summed E-state index contributed by atoms with van der Waals surface area (Å²) >= 11 is 0. The number of benzene rings is 2. The fourth-order valence-electron chi connectivity index (χ4n) is 2.20. The molecule has 0 aliphatic heterocycles. The minimum absolute atomic E-state index is 0.0841. The van der Waals surface area contributed by atoms with Crippen LogP contribution in [-0.2, 0) is 19.4 Å². The lowest BCUT2D eigenvalue weighted by molar-refractivity contribution is -0.137. The molecule has 7 heteroatoms. The second kappa shape index (κ2) is 6.98. The molecule has 1 N–H and O–H groups in total. The lowest BCUT2D eigenvalue weighted by Gasteiger charge is -2.06. The van der Waals surface area contributed by atoms with E-state index in [1.807, 2.05) is 0 Å². The van der Waals surface area contributed by atoms with Crippen LogP contribution in [0.4, 0.5) is 13.2 Å². The zero-order valence-corrected chi connectivity index (χ0v) is 13.0. The Bertz CT molecular complexity index is 841. The maximum absolute atomic E-state index is 12.6. The standard InChI is InChI=1S/C18H14F3NO3/c19-18(20,21)14-6-4-13(5-7-14)17-22-15(11-25-17)10-24-16-3-1-2-12(8-16)9-23/h1-8,11,23H,9-10H2. The normalized spacial score (nSPS) is 11.5. The molecule has 0 spiro atoms. The van der Waals surface area contributed by atoms with Crippen LogP contribution in [0.25, 0.3) is 11.5 Å². The molecule has 0 saturated heterocycles. The number of oxazole rings is 1. The zero-order valence-electron chi connectivity index (χ0n) is 13.0. The minimum atomic E-state index is -4.38. The summed E-state index contributed by atoms with van der Waals surface area (Å²) in [5.74, 6) is 0.794. The van der Waals surface area contributed by atoms with Crippen LogP contribution in [0.1, 0.15) is 16.8 Å². The van der Waals surface area contributed by atoms with Crippen molar-refractivity contribution in [2.45, 2.75) is 19.4 Å². The third kappa shape index (κ3) is 4.19. The predicted molar refractivity (Wildman–Crippen MR) is 83.6 cm³/mol. The zero-order chi connectivity index (χ0) is 17.9. The molecule has 2 aromatic carbocycles. The molecule has 1 aromatic heterocycles. The van der Waals surface area contributed by atoms with Gasteiger partial charge in [-0.25, -0.2) is 4.98 Å². The van der Waals surface area contributed by atoms with Gasteiger partial charge in [-0.1, -0.05) is 12.1 Å². The van der Waals surface area contributed by atoms with Gasteiger partial charge in [-0.2, -0.15) is 13.2 Å². The van der Waals surface area contributed by atoms with Gasteiger partial charge in [-0.15, -0.1) is 0 Å². The van der Waals surface area contributed by atoms with Gasteiger partial charge in [0.1, 0.15) is 24.3 Å². The fraction of sp³-hybridized carbons (Fsp3) is 0.167. The van der Waals surface area contributed by atoms with Crippen LogP contribution in [0.3, 0.4) is 0 Å². The molecule has 0 bridgehead atoms. The number of aliphatic hydroxyl groups is 1. The van der Waals surface area contributed by atoms with E-state index in [4.69, 9.17) is 14.3 Å². The van der Waals surface area contributed by atoms with Crippen molar-refractivity contribution in [2.24, 2.45) is 0 Å². The van der Waals surface area contributed by atoms with Gasteiger partial charge in [0.05, 0.1) is 12.2 Å². The van der Waals surface area contributed by atoms with Crippen molar-refractivity contribution in [3.8, 4) is 17.2 Å². The number of hydrogen-bond donors (Lipinski definition) is 1. The summed E-state index contributed by atoms with van der Waals surface area (Å²) in [7, 11) is 0. The molecule has 0 amide bonds. The highest BCUT2D eigenvalue weighted by molar-refractivity contribution is 5.54. The summed E-state index contributed by atoms with van der Waals surface area (Å²) in [5.41, 5.74) is 0.948. The third-order valence-corrected chi connectivity index (χ3v) is 3.48. The second-order valence-electron chi connectivity index (χ2n) is 5.31. The number of halogens is 3. The molecular formula is C18H14F3NO3. The smallest absolute Gasteiger partial charge is 0.416 e. The van der Waals surface area contributed by atoms with Crippen LogP contribution in [0.5, 0.6) is 5.75 Å². The molecule has 0 unspecified atom stereocenters. The Morgan fingerprint density at radius 1 is 1.08 bits per heavy atom. The summed E-state index contributed by atoms with van der Waals surface area (Å²) in [6.07, 6.45) is -2.99. The van der Waals surface area contributed by atoms with Crippen LogP contribution in [-0.4, -0.2) is 10.1 Å². The van der Waals surface area contributed by atoms with Crippen molar-refractivity contribution in [3.05, 3.63) is 71.6 Å².